The molecule has 0 fully saturated rings. The van der Waals surface area contributed by atoms with E-state index in [1.165, 1.54) is 0 Å². The summed E-state index contributed by atoms with van der Waals surface area (Å²) in [6, 6.07) is 2.08. The first-order chi connectivity index (χ1) is 10.2. The van der Waals surface area contributed by atoms with E-state index in [-0.39, 0.29) is 5.41 Å². The van der Waals surface area contributed by atoms with Crippen molar-refractivity contribution >= 4 is 0 Å². The fourth-order valence-corrected chi connectivity index (χ4v) is 2.64. The molecule has 0 saturated carbocycles. The van der Waals surface area contributed by atoms with Crippen molar-refractivity contribution in [2.45, 2.75) is 78.1 Å². The second kappa shape index (κ2) is 6.27. The Balaban J connectivity index is 2.12. The summed E-state index contributed by atoms with van der Waals surface area (Å²) in [5, 5.41) is 4.18. The van der Waals surface area contributed by atoms with E-state index >= 15 is 0 Å². The molecule has 0 aromatic carbocycles. The average molecular weight is 304 g/mol. The first kappa shape index (κ1) is 16.8. The van der Waals surface area contributed by atoms with Gasteiger partial charge in [0.25, 0.3) is 0 Å². The molecule has 0 aliphatic carbocycles. The van der Waals surface area contributed by atoms with Crippen LogP contribution >= 0.6 is 0 Å². The third-order valence-electron chi connectivity index (χ3n) is 4.14. The molecule has 4 heteroatoms. The molecule has 122 valence electrons. The Hall–Kier alpha value is -1.58. The minimum atomic E-state index is -0.0868. The van der Waals surface area contributed by atoms with Gasteiger partial charge in [-0.1, -0.05) is 53.6 Å². The van der Waals surface area contributed by atoms with Crippen molar-refractivity contribution < 1.29 is 8.94 Å². The van der Waals surface area contributed by atoms with Crippen molar-refractivity contribution in [3.63, 3.8) is 0 Å². The molecule has 0 spiro atoms. The topological polar surface area (TPSA) is 52.1 Å². The molecule has 0 bridgehead atoms. The van der Waals surface area contributed by atoms with Gasteiger partial charge in [0.1, 0.15) is 12.0 Å². The molecule has 2 aromatic heterocycles. The third-order valence-corrected chi connectivity index (χ3v) is 4.14. The number of aromatic nitrogens is 2. The lowest BCUT2D eigenvalue weighted by Crippen LogP contribution is -2.19. The number of hydrogen-bond acceptors (Lipinski definition) is 4. The second-order valence-electron chi connectivity index (χ2n) is 7.53. The van der Waals surface area contributed by atoms with Crippen molar-refractivity contribution in [3.05, 3.63) is 35.4 Å². The van der Waals surface area contributed by atoms with Crippen LogP contribution in [0.4, 0.5) is 0 Å². The Morgan fingerprint density at radius 1 is 1.05 bits per heavy atom. The highest BCUT2D eigenvalue weighted by Gasteiger charge is 2.30. The molecule has 0 radical (unpaired) electrons. The highest BCUT2D eigenvalue weighted by molar-refractivity contribution is 5.18. The van der Waals surface area contributed by atoms with Crippen LogP contribution in [0.2, 0.25) is 0 Å². The Morgan fingerprint density at radius 2 is 1.73 bits per heavy atom. The highest BCUT2D eigenvalue weighted by atomic mass is 16.5. The summed E-state index contributed by atoms with van der Waals surface area (Å²) in [5.41, 5.74) is 1.94. The molecular weight excluding hydrogens is 276 g/mol. The SMILES string of the molecule is CC(C)c1cc(C(C)(C)CC(C)c2coc(C(C)C)n2)on1. The van der Waals surface area contributed by atoms with Crippen LogP contribution in [-0.4, -0.2) is 10.1 Å². The maximum atomic E-state index is 5.58. The predicted molar refractivity (Wildman–Crippen MR) is 87.2 cm³/mol. The summed E-state index contributed by atoms with van der Waals surface area (Å²) >= 11 is 0. The maximum Gasteiger partial charge on any atom is 0.196 e. The van der Waals surface area contributed by atoms with Crippen molar-refractivity contribution in [3.8, 4) is 0 Å². The van der Waals surface area contributed by atoms with Gasteiger partial charge in [0.05, 0.1) is 11.4 Å². The number of nitrogens with zero attached hydrogens (tertiary/aromatic N) is 2. The molecule has 1 atom stereocenters. The molecule has 0 saturated heterocycles. The van der Waals surface area contributed by atoms with E-state index in [2.05, 4.69) is 64.7 Å². The number of hydrogen-bond donors (Lipinski definition) is 0. The molecule has 4 nitrogen and oxygen atoms in total. The minimum absolute atomic E-state index is 0.0868. The zero-order valence-corrected chi connectivity index (χ0v) is 14.8. The summed E-state index contributed by atoms with van der Waals surface area (Å²) in [4.78, 5) is 4.61. The fraction of sp³-hybridized carbons (Fsp3) is 0.667. The van der Waals surface area contributed by atoms with E-state index in [9.17, 15) is 0 Å². The quantitative estimate of drug-likeness (QED) is 0.718. The van der Waals surface area contributed by atoms with E-state index in [1.54, 1.807) is 6.26 Å². The van der Waals surface area contributed by atoms with Gasteiger partial charge in [0.2, 0.25) is 0 Å². The van der Waals surface area contributed by atoms with Crippen LogP contribution in [0.5, 0.6) is 0 Å². The van der Waals surface area contributed by atoms with E-state index in [0.717, 1.165) is 29.5 Å². The van der Waals surface area contributed by atoms with Gasteiger partial charge in [-0.05, 0) is 12.3 Å². The molecular formula is C18H28N2O2. The zero-order valence-electron chi connectivity index (χ0n) is 14.8. The van der Waals surface area contributed by atoms with Gasteiger partial charge < -0.3 is 8.94 Å². The fourth-order valence-electron chi connectivity index (χ4n) is 2.64. The molecule has 0 aliphatic rings. The molecule has 0 amide bonds. The van der Waals surface area contributed by atoms with Crippen molar-refractivity contribution in [1.29, 1.82) is 0 Å². The summed E-state index contributed by atoms with van der Waals surface area (Å²) in [6.07, 6.45) is 2.72. The van der Waals surface area contributed by atoms with Crippen molar-refractivity contribution in [1.82, 2.24) is 10.1 Å². The summed E-state index contributed by atoms with van der Waals surface area (Å²) in [7, 11) is 0. The zero-order chi connectivity index (χ0) is 16.5. The first-order valence-electron chi connectivity index (χ1n) is 8.13. The predicted octanol–water partition coefficient (Wildman–Crippen LogP) is 5.38. The second-order valence-corrected chi connectivity index (χ2v) is 7.53. The van der Waals surface area contributed by atoms with Gasteiger partial charge in [0, 0.05) is 23.3 Å². The third kappa shape index (κ3) is 3.60. The van der Waals surface area contributed by atoms with Crippen LogP contribution in [0.15, 0.2) is 21.3 Å². The Labute approximate surface area is 133 Å². The lowest BCUT2D eigenvalue weighted by atomic mass is 9.80. The minimum Gasteiger partial charge on any atom is -0.448 e. The van der Waals surface area contributed by atoms with Crippen molar-refractivity contribution in [2.24, 2.45) is 0 Å². The lowest BCUT2D eigenvalue weighted by Gasteiger charge is -2.24. The van der Waals surface area contributed by atoms with Crippen LogP contribution in [0.1, 0.15) is 95.7 Å². The molecule has 2 rings (SSSR count). The molecule has 0 N–H and O–H groups in total. The summed E-state index contributed by atoms with van der Waals surface area (Å²) in [6.45, 7) is 15.0. The maximum absolute atomic E-state index is 5.58. The van der Waals surface area contributed by atoms with Crippen LogP contribution in [0.3, 0.4) is 0 Å². The van der Waals surface area contributed by atoms with Crippen LogP contribution in [0, 0.1) is 0 Å². The Bertz CT molecular complexity index is 608. The van der Waals surface area contributed by atoms with E-state index < -0.39 is 0 Å². The normalized spacial score (nSPS) is 14.0. The van der Waals surface area contributed by atoms with E-state index in [4.69, 9.17) is 8.94 Å². The molecule has 22 heavy (non-hydrogen) atoms. The van der Waals surface area contributed by atoms with E-state index in [0.29, 0.717) is 17.8 Å². The van der Waals surface area contributed by atoms with Gasteiger partial charge in [0.15, 0.2) is 5.89 Å². The average Bonchev–Trinajstić information content (AvgIpc) is 3.08. The Morgan fingerprint density at radius 3 is 2.23 bits per heavy atom. The molecule has 1 unspecified atom stereocenters. The van der Waals surface area contributed by atoms with Gasteiger partial charge in [-0.25, -0.2) is 4.98 Å². The number of rotatable bonds is 6. The van der Waals surface area contributed by atoms with Crippen molar-refractivity contribution in [2.75, 3.05) is 0 Å². The number of oxazole rings is 1. The van der Waals surface area contributed by atoms with Gasteiger partial charge >= 0.3 is 0 Å². The lowest BCUT2D eigenvalue weighted by molar-refractivity contribution is 0.291. The molecule has 0 aliphatic heterocycles. The molecule has 2 aromatic rings. The standard InChI is InChI=1S/C18H28N2O2/c1-11(2)14-8-16(22-20-14)18(6,7)9-13(5)15-10-21-17(19-15)12(3)4/h8,10-13H,9H2,1-7H3. The van der Waals surface area contributed by atoms with Crippen LogP contribution in [0.25, 0.3) is 0 Å². The van der Waals surface area contributed by atoms with Crippen LogP contribution < -0.4 is 0 Å². The Kier molecular flexibility index (Phi) is 4.78. The highest BCUT2D eigenvalue weighted by Crippen LogP contribution is 2.35. The van der Waals surface area contributed by atoms with Gasteiger partial charge in [-0.3, -0.25) is 0 Å². The monoisotopic (exact) mass is 304 g/mol. The van der Waals surface area contributed by atoms with Gasteiger partial charge in [-0.2, -0.15) is 0 Å². The van der Waals surface area contributed by atoms with E-state index in [1.807, 2.05) is 0 Å². The largest absolute Gasteiger partial charge is 0.448 e. The summed E-state index contributed by atoms with van der Waals surface area (Å²) in [5.74, 6) is 2.75. The first-order valence-corrected chi connectivity index (χ1v) is 8.13. The van der Waals surface area contributed by atoms with Crippen LogP contribution in [-0.2, 0) is 5.41 Å². The molecule has 2 heterocycles. The smallest absolute Gasteiger partial charge is 0.196 e. The van der Waals surface area contributed by atoms with Gasteiger partial charge in [-0.15, -0.1) is 0 Å². The summed E-state index contributed by atoms with van der Waals surface area (Å²) < 4.78 is 11.1.